The molecular weight excluding hydrogens is 305 g/mol. The molecule has 0 saturated carbocycles. The van der Waals surface area contributed by atoms with Gasteiger partial charge in [-0.3, -0.25) is 0 Å². The molecule has 0 radical (unpaired) electrons. The molecule has 1 aromatic heterocycles. The number of carbonyl (C=O) groups is 1. The van der Waals surface area contributed by atoms with E-state index in [-0.39, 0.29) is 19.7 Å². The number of imidazole rings is 1. The fraction of sp³-hybridized carbons (Fsp3) is 0.667. The second-order valence-electron chi connectivity index (χ2n) is 4.65. The van der Waals surface area contributed by atoms with E-state index in [1.165, 1.54) is 20.4 Å². The van der Waals surface area contributed by atoms with Crippen molar-refractivity contribution in [2.75, 3.05) is 26.8 Å². The van der Waals surface area contributed by atoms with Gasteiger partial charge in [0.1, 0.15) is 5.82 Å². The van der Waals surface area contributed by atoms with Gasteiger partial charge >= 0.3 is 12.2 Å². The molecule has 22 heavy (non-hydrogen) atoms. The number of urea groups is 1. The average molecular weight is 324 g/mol. The van der Waals surface area contributed by atoms with Crippen LogP contribution in [0, 0.1) is 0 Å². The van der Waals surface area contributed by atoms with Crippen LogP contribution in [-0.2, 0) is 17.4 Å². The number of aliphatic hydroxyl groups is 1. The van der Waals surface area contributed by atoms with Crippen LogP contribution in [0.15, 0.2) is 12.4 Å². The fourth-order valence-corrected chi connectivity index (χ4v) is 1.83. The van der Waals surface area contributed by atoms with Gasteiger partial charge in [-0.25, -0.2) is 9.78 Å². The molecule has 0 saturated heterocycles. The van der Waals surface area contributed by atoms with Gasteiger partial charge in [0.15, 0.2) is 0 Å². The average Bonchev–Trinajstić information content (AvgIpc) is 2.84. The molecule has 0 aromatic carbocycles. The molecular formula is C12H19F3N4O3. The predicted octanol–water partition coefficient (Wildman–Crippen LogP) is 0.506. The Balaban J connectivity index is 2.65. The summed E-state index contributed by atoms with van der Waals surface area (Å²) in [4.78, 5) is 14.9. The quantitative estimate of drug-likeness (QED) is 0.638. The number of aromatic nitrogens is 2. The second-order valence-corrected chi connectivity index (χ2v) is 4.65. The Morgan fingerprint density at radius 2 is 2.05 bits per heavy atom. The Morgan fingerprint density at radius 3 is 2.55 bits per heavy atom. The maximum atomic E-state index is 13.2. The van der Waals surface area contributed by atoms with Crippen LogP contribution >= 0.6 is 0 Å². The normalized spacial score (nSPS) is 14.5. The lowest BCUT2D eigenvalue weighted by molar-refractivity contribution is -0.272. The van der Waals surface area contributed by atoms with Crippen LogP contribution in [0.5, 0.6) is 0 Å². The zero-order chi connectivity index (χ0) is 16.8. The molecule has 2 amide bonds. The number of nitrogens with zero attached hydrogens (tertiary/aromatic N) is 2. The molecule has 0 aliphatic carbocycles. The van der Waals surface area contributed by atoms with Crippen molar-refractivity contribution in [3.8, 4) is 0 Å². The molecule has 0 fully saturated rings. The van der Waals surface area contributed by atoms with E-state index in [9.17, 15) is 23.1 Å². The first-order valence-electron chi connectivity index (χ1n) is 6.50. The van der Waals surface area contributed by atoms with Crippen molar-refractivity contribution in [3.63, 3.8) is 0 Å². The number of methoxy groups -OCH3 is 1. The Labute approximate surface area is 125 Å². The minimum absolute atomic E-state index is 0.227. The summed E-state index contributed by atoms with van der Waals surface area (Å²) in [5, 5.41) is 14.7. The van der Waals surface area contributed by atoms with Gasteiger partial charge < -0.3 is 25.0 Å². The van der Waals surface area contributed by atoms with Crippen molar-refractivity contribution >= 4 is 6.03 Å². The highest BCUT2D eigenvalue weighted by Crippen LogP contribution is 2.40. The number of aryl methyl sites for hydroxylation is 1. The summed E-state index contributed by atoms with van der Waals surface area (Å²) < 4.78 is 45.3. The molecule has 7 nitrogen and oxygen atoms in total. The highest BCUT2D eigenvalue weighted by atomic mass is 19.4. The van der Waals surface area contributed by atoms with Crippen molar-refractivity contribution in [1.82, 2.24) is 20.2 Å². The number of amides is 2. The molecule has 126 valence electrons. The van der Waals surface area contributed by atoms with E-state index < -0.39 is 30.1 Å². The maximum Gasteiger partial charge on any atom is 0.424 e. The molecule has 0 aliphatic heterocycles. The van der Waals surface area contributed by atoms with Gasteiger partial charge in [0, 0.05) is 46.1 Å². The first-order valence-corrected chi connectivity index (χ1v) is 6.50. The first-order chi connectivity index (χ1) is 10.2. The summed E-state index contributed by atoms with van der Waals surface area (Å²) in [6.07, 6.45) is -3.20. The summed E-state index contributed by atoms with van der Waals surface area (Å²) >= 11 is 0. The third-order valence-electron chi connectivity index (χ3n) is 3.02. The number of carbonyl (C=O) groups excluding carboxylic acids is 1. The third kappa shape index (κ3) is 4.34. The van der Waals surface area contributed by atoms with E-state index in [0.29, 0.717) is 0 Å². The van der Waals surface area contributed by atoms with E-state index >= 15 is 0 Å². The Hall–Kier alpha value is -1.81. The van der Waals surface area contributed by atoms with Crippen molar-refractivity contribution in [1.29, 1.82) is 0 Å². The maximum absolute atomic E-state index is 13.2. The van der Waals surface area contributed by atoms with Gasteiger partial charge in [0.05, 0.1) is 6.61 Å². The van der Waals surface area contributed by atoms with Gasteiger partial charge in [-0.1, -0.05) is 0 Å². The van der Waals surface area contributed by atoms with Crippen molar-refractivity contribution in [2.45, 2.75) is 18.2 Å². The summed E-state index contributed by atoms with van der Waals surface area (Å²) in [5.41, 5.74) is -3.13. The minimum Gasteiger partial charge on any atom is -0.383 e. The number of hydrogen-bond acceptors (Lipinski definition) is 4. The molecule has 1 unspecified atom stereocenters. The lowest BCUT2D eigenvalue weighted by atomic mass is 9.97. The van der Waals surface area contributed by atoms with Crippen molar-refractivity contribution in [3.05, 3.63) is 18.2 Å². The zero-order valence-electron chi connectivity index (χ0n) is 12.3. The van der Waals surface area contributed by atoms with Gasteiger partial charge in [0.25, 0.3) is 0 Å². The summed E-state index contributed by atoms with van der Waals surface area (Å²) in [5.74, 6) is -0.526. The van der Waals surface area contributed by atoms with Crippen molar-refractivity contribution in [2.24, 2.45) is 7.05 Å². The van der Waals surface area contributed by atoms with Gasteiger partial charge in [-0.2, -0.15) is 13.2 Å². The van der Waals surface area contributed by atoms with Crippen LogP contribution in [0.3, 0.4) is 0 Å². The fourth-order valence-electron chi connectivity index (χ4n) is 1.83. The van der Waals surface area contributed by atoms with E-state index in [2.05, 4.69) is 15.6 Å². The first kappa shape index (κ1) is 18.2. The molecule has 0 spiro atoms. The number of alkyl halides is 3. The third-order valence-corrected chi connectivity index (χ3v) is 3.02. The van der Waals surface area contributed by atoms with Crippen LogP contribution in [-0.4, -0.2) is 53.7 Å². The summed E-state index contributed by atoms with van der Waals surface area (Å²) in [7, 11) is 2.81. The molecule has 0 aliphatic rings. The zero-order valence-corrected chi connectivity index (χ0v) is 12.3. The molecule has 1 heterocycles. The summed E-state index contributed by atoms with van der Waals surface area (Å²) in [6, 6.07) is -0.638. The summed E-state index contributed by atoms with van der Waals surface area (Å²) in [6.45, 7) is 0.139. The molecule has 10 heteroatoms. The number of ether oxygens (including phenoxy) is 1. The van der Waals surface area contributed by atoms with E-state index in [1.807, 2.05) is 0 Å². The van der Waals surface area contributed by atoms with E-state index in [0.717, 1.165) is 10.8 Å². The van der Waals surface area contributed by atoms with Gasteiger partial charge in [-0.05, 0) is 0 Å². The van der Waals surface area contributed by atoms with Gasteiger partial charge in [0.2, 0.25) is 5.60 Å². The number of rotatable bonds is 7. The number of hydrogen-bond donors (Lipinski definition) is 3. The Bertz CT molecular complexity index is 492. The lowest BCUT2D eigenvalue weighted by Crippen LogP contribution is -2.47. The van der Waals surface area contributed by atoms with Crippen molar-refractivity contribution < 1.29 is 27.8 Å². The lowest BCUT2D eigenvalue weighted by Gasteiger charge is -2.29. The second kappa shape index (κ2) is 7.45. The highest BCUT2D eigenvalue weighted by molar-refractivity contribution is 5.73. The smallest absolute Gasteiger partial charge is 0.383 e. The predicted molar refractivity (Wildman–Crippen MR) is 71.1 cm³/mol. The monoisotopic (exact) mass is 324 g/mol. The SMILES string of the molecule is COCCNC(=O)NCCC(O)(c1nccn1C)C(F)(F)F. The van der Waals surface area contributed by atoms with Crippen LogP contribution in [0.1, 0.15) is 12.2 Å². The largest absolute Gasteiger partial charge is 0.424 e. The molecule has 1 atom stereocenters. The Kier molecular flexibility index (Phi) is 6.18. The van der Waals surface area contributed by atoms with E-state index in [1.54, 1.807) is 0 Å². The minimum atomic E-state index is -4.92. The van der Waals surface area contributed by atoms with Crippen LogP contribution in [0.25, 0.3) is 0 Å². The van der Waals surface area contributed by atoms with E-state index in [4.69, 9.17) is 4.74 Å². The molecule has 0 bridgehead atoms. The molecule has 1 rings (SSSR count). The van der Waals surface area contributed by atoms with Crippen LogP contribution in [0.4, 0.5) is 18.0 Å². The topological polar surface area (TPSA) is 88.4 Å². The van der Waals surface area contributed by atoms with Crippen LogP contribution in [0.2, 0.25) is 0 Å². The van der Waals surface area contributed by atoms with Gasteiger partial charge in [-0.15, -0.1) is 0 Å². The number of halogens is 3. The van der Waals surface area contributed by atoms with Crippen LogP contribution < -0.4 is 10.6 Å². The molecule has 3 N–H and O–H groups in total. The highest BCUT2D eigenvalue weighted by Gasteiger charge is 2.57. The standard InChI is InChI=1S/C12H19F3N4O3/c1-19-7-5-16-9(19)11(21,12(13,14)15)3-4-17-10(20)18-6-8-22-2/h5,7,21H,3-4,6,8H2,1-2H3,(H2,17,18,20). The number of nitrogens with one attached hydrogen (secondary N) is 2. The Morgan fingerprint density at radius 1 is 1.41 bits per heavy atom. The molecule has 1 aromatic rings.